The lowest BCUT2D eigenvalue weighted by Gasteiger charge is -2.14. The Morgan fingerprint density at radius 1 is 1.29 bits per heavy atom. The van der Waals surface area contributed by atoms with Crippen molar-refractivity contribution in [1.82, 2.24) is 10.2 Å². The van der Waals surface area contributed by atoms with Gasteiger partial charge in [-0.2, -0.15) is 0 Å². The van der Waals surface area contributed by atoms with Crippen LogP contribution in [0.1, 0.15) is 5.56 Å². The summed E-state index contributed by atoms with van der Waals surface area (Å²) in [4.78, 5) is 6.48. The van der Waals surface area contributed by atoms with Crippen LogP contribution in [0.4, 0.5) is 0 Å². The number of nitrogens with one attached hydrogen (secondary N) is 1. The number of nitrogens with two attached hydrogens (primary N) is 1. The Morgan fingerprint density at radius 3 is 2.67 bits per heavy atom. The normalized spacial score (nSPS) is 11.3. The van der Waals surface area contributed by atoms with Crippen molar-refractivity contribution >= 4 is 29.9 Å². The minimum absolute atomic E-state index is 0. The van der Waals surface area contributed by atoms with Crippen molar-refractivity contribution in [3.8, 4) is 0 Å². The van der Waals surface area contributed by atoms with Crippen molar-refractivity contribution in [2.45, 2.75) is 6.42 Å². The number of rotatable bonds is 9. The van der Waals surface area contributed by atoms with Crippen LogP contribution >= 0.6 is 24.0 Å². The minimum atomic E-state index is 0. The predicted molar refractivity (Wildman–Crippen MR) is 99.4 cm³/mol. The topological polar surface area (TPSA) is 62.9 Å². The van der Waals surface area contributed by atoms with Gasteiger partial charge in [-0.05, 0) is 19.0 Å². The van der Waals surface area contributed by atoms with Gasteiger partial charge >= 0.3 is 0 Å². The van der Waals surface area contributed by atoms with Crippen molar-refractivity contribution in [2.75, 3.05) is 46.9 Å². The molecule has 0 amide bonds. The van der Waals surface area contributed by atoms with Gasteiger partial charge in [-0.3, -0.25) is 4.99 Å². The number of nitrogens with zero attached hydrogens (tertiary/aromatic N) is 2. The maximum absolute atomic E-state index is 5.82. The van der Waals surface area contributed by atoms with Crippen molar-refractivity contribution in [3.05, 3.63) is 35.9 Å². The van der Waals surface area contributed by atoms with E-state index in [1.54, 1.807) is 7.11 Å². The number of halogens is 1. The van der Waals surface area contributed by atoms with E-state index in [0.717, 1.165) is 32.7 Å². The number of hydrogen-bond acceptors (Lipinski definition) is 3. The fourth-order valence-corrected chi connectivity index (χ4v) is 1.74. The molecule has 120 valence electrons. The number of methoxy groups -OCH3 is 1. The highest BCUT2D eigenvalue weighted by Gasteiger charge is 1.97. The van der Waals surface area contributed by atoms with Gasteiger partial charge in [-0.25, -0.2) is 0 Å². The molecule has 0 aliphatic rings. The summed E-state index contributed by atoms with van der Waals surface area (Å²) < 4.78 is 5.02. The Labute approximate surface area is 145 Å². The molecule has 0 aliphatic heterocycles. The summed E-state index contributed by atoms with van der Waals surface area (Å²) in [6.45, 7) is 4.03. The van der Waals surface area contributed by atoms with Crippen LogP contribution in [-0.4, -0.2) is 57.8 Å². The van der Waals surface area contributed by atoms with Crippen LogP contribution in [0.25, 0.3) is 0 Å². The molecule has 0 aromatic heterocycles. The molecular formula is C15H27IN4O. The van der Waals surface area contributed by atoms with Crippen LogP contribution in [0.3, 0.4) is 0 Å². The van der Waals surface area contributed by atoms with Crippen molar-refractivity contribution in [1.29, 1.82) is 0 Å². The molecule has 1 aromatic rings. The van der Waals surface area contributed by atoms with E-state index in [0.29, 0.717) is 12.5 Å². The van der Waals surface area contributed by atoms with E-state index in [1.807, 2.05) is 25.2 Å². The molecule has 0 saturated carbocycles. The zero-order valence-corrected chi connectivity index (χ0v) is 15.2. The first kappa shape index (κ1) is 20.1. The Morgan fingerprint density at radius 2 is 2.00 bits per heavy atom. The highest BCUT2D eigenvalue weighted by molar-refractivity contribution is 14.0. The van der Waals surface area contributed by atoms with Gasteiger partial charge in [0.05, 0.1) is 13.2 Å². The third kappa shape index (κ3) is 10.5. The molecule has 1 aromatic carbocycles. The largest absolute Gasteiger partial charge is 0.383 e. The molecule has 21 heavy (non-hydrogen) atoms. The summed E-state index contributed by atoms with van der Waals surface area (Å²) in [7, 11) is 3.76. The van der Waals surface area contributed by atoms with E-state index in [4.69, 9.17) is 10.5 Å². The molecule has 1 rings (SSSR count). The second-order valence-corrected chi connectivity index (χ2v) is 4.73. The molecule has 0 bridgehead atoms. The van der Waals surface area contributed by atoms with Gasteiger partial charge in [0.2, 0.25) is 0 Å². The van der Waals surface area contributed by atoms with Crippen LogP contribution in [-0.2, 0) is 11.2 Å². The van der Waals surface area contributed by atoms with E-state index in [-0.39, 0.29) is 24.0 Å². The fraction of sp³-hybridized carbons (Fsp3) is 0.533. The quantitative estimate of drug-likeness (QED) is 0.369. The Balaban J connectivity index is 0.00000400. The number of ether oxygens (including phenoxy) is 1. The van der Waals surface area contributed by atoms with Gasteiger partial charge in [0.1, 0.15) is 0 Å². The van der Waals surface area contributed by atoms with Gasteiger partial charge < -0.3 is 20.7 Å². The number of benzene rings is 1. The summed E-state index contributed by atoms with van der Waals surface area (Å²) in [5.41, 5.74) is 7.12. The molecule has 0 radical (unpaired) electrons. The molecule has 0 saturated heterocycles. The summed E-state index contributed by atoms with van der Waals surface area (Å²) >= 11 is 0. The summed E-state index contributed by atoms with van der Waals surface area (Å²) in [6, 6.07) is 10.3. The number of likely N-dealkylation sites (N-methyl/N-ethyl adjacent to an activating group) is 1. The average molecular weight is 406 g/mol. The summed E-state index contributed by atoms with van der Waals surface area (Å²) in [5.74, 6) is 0.515. The lowest BCUT2D eigenvalue weighted by Crippen LogP contribution is -2.34. The highest BCUT2D eigenvalue weighted by atomic mass is 127. The molecule has 0 fully saturated rings. The van der Waals surface area contributed by atoms with Crippen molar-refractivity contribution < 1.29 is 4.74 Å². The van der Waals surface area contributed by atoms with Gasteiger partial charge in [-0.15, -0.1) is 24.0 Å². The van der Waals surface area contributed by atoms with Gasteiger partial charge in [-0.1, -0.05) is 30.3 Å². The van der Waals surface area contributed by atoms with Crippen LogP contribution < -0.4 is 11.1 Å². The molecular weight excluding hydrogens is 379 g/mol. The van der Waals surface area contributed by atoms with Crippen molar-refractivity contribution in [3.63, 3.8) is 0 Å². The van der Waals surface area contributed by atoms with Gasteiger partial charge in [0.25, 0.3) is 0 Å². The fourth-order valence-electron chi connectivity index (χ4n) is 1.74. The SMILES string of the molecule is COCCN(C)CCN=C(N)NCCc1ccccc1.I. The number of hydrogen-bond donors (Lipinski definition) is 2. The molecule has 3 N–H and O–H groups in total. The first-order valence-corrected chi connectivity index (χ1v) is 6.97. The third-order valence-electron chi connectivity index (χ3n) is 3.00. The second-order valence-electron chi connectivity index (χ2n) is 4.73. The summed E-state index contributed by atoms with van der Waals surface area (Å²) in [6.07, 6.45) is 0.949. The zero-order valence-electron chi connectivity index (χ0n) is 12.9. The molecule has 0 heterocycles. The molecule has 0 unspecified atom stereocenters. The smallest absolute Gasteiger partial charge is 0.188 e. The maximum Gasteiger partial charge on any atom is 0.188 e. The lowest BCUT2D eigenvalue weighted by atomic mass is 10.1. The molecule has 0 atom stereocenters. The van der Waals surface area contributed by atoms with E-state index < -0.39 is 0 Å². The second kappa shape index (κ2) is 12.8. The van der Waals surface area contributed by atoms with Gasteiger partial charge in [0, 0.05) is 26.7 Å². The first-order chi connectivity index (χ1) is 9.72. The van der Waals surface area contributed by atoms with E-state index in [2.05, 4.69) is 27.3 Å². The Bertz CT molecular complexity index is 387. The zero-order chi connectivity index (χ0) is 14.6. The Hall–Kier alpha value is -0.860. The van der Waals surface area contributed by atoms with Crippen LogP contribution in [0.15, 0.2) is 35.3 Å². The Kier molecular flexibility index (Phi) is 12.3. The molecule has 0 spiro atoms. The van der Waals surface area contributed by atoms with E-state index >= 15 is 0 Å². The third-order valence-corrected chi connectivity index (χ3v) is 3.00. The maximum atomic E-state index is 5.82. The van der Waals surface area contributed by atoms with Crippen LogP contribution in [0.2, 0.25) is 0 Å². The summed E-state index contributed by atoms with van der Waals surface area (Å²) in [5, 5.41) is 3.13. The van der Waals surface area contributed by atoms with E-state index in [9.17, 15) is 0 Å². The van der Waals surface area contributed by atoms with Crippen LogP contribution in [0, 0.1) is 0 Å². The lowest BCUT2D eigenvalue weighted by molar-refractivity contribution is 0.163. The molecule has 0 aliphatic carbocycles. The molecule has 6 heteroatoms. The van der Waals surface area contributed by atoms with Crippen molar-refractivity contribution in [2.24, 2.45) is 10.7 Å². The predicted octanol–water partition coefficient (Wildman–Crippen LogP) is 1.33. The number of guanidine groups is 1. The minimum Gasteiger partial charge on any atom is -0.383 e. The number of aliphatic imine (C=N–C) groups is 1. The van der Waals surface area contributed by atoms with Gasteiger partial charge in [0.15, 0.2) is 5.96 Å². The monoisotopic (exact) mass is 406 g/mol. The highest BCUT2D eigenvalue weighted by Crippen LogP contribution is 1.97. The molecule has 5 nitrogen and oxygen atoms in total. The van der Waals surface area contributed by atoms with E-state index in [1.165, 1.54) is 5.56 Å². The first-order valence-electron chi connectivity index (χ1n) is 6.97. The standard InChI is InChI=1S/C15H26N4O.HI/c1-19(12-13-20-2)11-10-18-15(16)17-9-8-14-6-4-3-5-7-14;/h3-7H,8-13H2,1-2H3,(H3,16,17,18);1H. The van der Waals surface area contributed by atoms with Crippen LogP contribution in [0.5, 0.6) is 0 Å². The average Bonchev–Trinajstić information content (AvgIpc) is 2.46.